The Kier molecular flexibility index (Phi) is 63.4. The summed E-state index contributed by atoms with van der Waals surface area (Å²) in [5.74, 6) is -1.01. The van der Waals surface area contributed by atoms with E-state index in [0.29, 0.717) is 19.3 Å². The first-order valence-electron chi connectivity index (χ1n) is 33.0. The van der Waals surface area contributed by atoms with Gasteiger partial charge in [-0.2, -0.15) is 0 Å². The largest absolute Gasteiger partial charge is 0.462 e. The Hall–Kier alpha value is -4.97. The van der Waals surface area contributed by atoms with Crippen molar-refractivity contribution in [1.29, 1.82) is 0 Å². The van der Waals surface area contributed by atoms with Gasteiger partial charge in [-0.1, -0.05) is 281 Å². The van der Waals surface area contributed by atoms with Gasteiger partial charge in [0.1, 0.15) is 13.2 Å². The number of carbonyl (C=O) groups is 3. The highest BCUT2D eigenvalue weighted by Crippen LogP contribution is 2.15. The third-order valence-electron chi connectivity index (χ3n) is 13.5. The van der Waals surface area contributed by atoms with Crippen LogP contribution in [-0.4, -0.2) is 37.2 Å². The highest BCUT2D eigenvalue weighted by atomic mass is 16.6. The van der Waals surface area contributed by atoms with Gasteiger partial charge >= 0.3 is 17.9 Å². The zero-order chi connectivity index (χ0) is 58.5. The number of ether oxygens (including phenoxy) is 3. The third kappa shape index (κ3) is 65.7. The minimum atomic E-state index is -0.821. The van der Waals surface area contributed by atoms with Crippen LogP contribution in [0, 0.1) is 0 Å². The van der Waals surface area contributed by atoms with E-state index in [2.05, 4.69) is 173 Å². The van der Waals surface area contributed by atoms with Crippen LogP contribution in [0.4, 0.5) is 0 Å². The van der Waals surface area contributed by atoms with Crippen molar-refractivity contribution in [3.8, 4) is 0 Å². The highest BCUT2D eigenvalue weighted by molar-refractivity contribution is 5.71. The van der Waals surface area contributed by atoms with Crippen molar-refractivity contribution in [2.45, 2.75) is 284 Å². The first kappa shape index (κ1) is 76.0. The van der Waals surface area contributed by atoms with E-state index in [-0.39, 0.29) is 37.5 Å². The summed E-state index contributed by atoms with van der Waals surface area (Å²) in [7, 11) is 0. The van der Waals surface area contributed by atoms with Gasteiger partial charge in [0.15, 0.2) is 6.10 Å². The molecule has 0 rings (SSSR count). The first-order valence-corrected chi connectivity index (χ1v) is 33.0. The van der Waals surface area contributed by atoms with Crippen LogP contribution in [0.2, 0.25) is 0 Å². The Bertz CT molecular complexity index is 1810. The lowest BCUT2D eigenvalue weighted by Gasteiger charge is -2.18. The van der Waals surface area contributed by atoms with E-state index < -0.39 is 6.10 Å². The Morgan fingerprint density at radius 3 is 0.827 bits per heavy atom. The molecule has 0 saturated heterocycles. The van der Waals surface area contributed by atoms with E-state index in [1.165, 1.54) is 96.3 Å². The van der Waals surface area contributed by atoms with Crippen LogP contribution in [0.15, 0.2) is 158 Å². The lowest BCUT2D eigenvalue weighted by atomic mass is 10.0. The quantitative estimate of drug-likeness (QED) is 0.0261. The average Bonchev–Trinajstić information content (AvgIpc) is 3.46. The number of rotatable bonds is 58. The summed E-state index contributed by atoms with van der Waals surface area (Å²) in [5, 5.41) is 0. The van der Waals surface area contributed by atoms with Gasteiger partial charge in [-0.3, -0.25) is 14.4 Å². The van der Waals surface area contributed by atoms with Crippen molar-refractivity contribution < 1.29 is 28.6 Å². The standard InChI is InChI=1S/C75H120O6/c1-4-7-10-13-16-19-22-25-27-28-29-30-31-32-33-34-35-36-37-38-39-40-41-42-43-44-45-46-48-50-53-56-59-62-65-68-74(77)80-71-72(70-79-73(76)67-64-61-58-55-52-49-24-21-18-15-12-9-6-3)81-75(78)69-66-63-60-57-54-51-47-26-23-20-17-14-11-8-5-2/h7,9-10,12,16-21,25-27,29-30,32-33,35-36,38-39,47,49,52,58,61,72H,4-6,8,11,13-15,22-24,28,31,34,37,40-46,48,50-51,53-57,59-60,62-71H2,1-3H3/b10-7-,12-9-,19-16-,20-17-,21-18-,27-25-,30-29-,33-32-,36-35-,39-38-,47-26-,52-49-,61-58-. The molecule has 0 aromatic heterocycles. The molecule has 0 aliphatic rings. The van der Waals surface area contributed by atoms with Crippen LogP contribution in [0.25, 0.3) is 0 Å². The SMILES string of the molecule is CC/C=C\C/C=C\C/C=C\C/C=C\C/C=C\C/C=C\C/C=C\CCCCCCCCCCCCCCCC(=O)OCC(COC(=O)CC/C=C\C/C=C\C/C=C\C/C=C\CC)OC(=O)CCCCCCC/C=C\C/C=C\CCCCC. The van der Waals surface area contributed by atoms with E-state index in [0.717, 1.165) is 135 Å². The zero-order valence-electron chi connectivity index (χ0n) is 52.2. The monoisotopic (exact) mass is 1120 g/mol. The molecule has 0 N–H and O–H groups in total. The molecule has 0 spiro atoms. The molecule has 0 saturated carbocycles. The Morgan fingerprint density at radius 2 is 0.506 bits per heavy atom. The van der Waals surface area contributed by atoms with E-state index in [1.807, 2.05) is 6.08 Å². The maximum absolute atomic E-state index is 12.9. The number of allylic oxidation sites excluding steroid dienone is 26. The summed E-state index contributed by atoms with van der Waals surface area (Å²) >= 11 is 0. The van der Waals surface area contributed by atoms with Gasteiger partial charge < -0.3 is 14.2 Å². The minimum absolute atomic E-state index is 0.111. The molecule has 0 aliphatic carbocycles. The second-order valence-electron chi connectivity index (χ2n) is 21.3. The van der Waals surface area contributed by atoms with Crippen LogP contribution < -0.4 is 0 Å². The van der Waals surface area contributed by atoms with E-state index >= 15 is 0 Å². The molecular formula is C75H120O6. The Labute approximate surface area is 499 Å². The number of hydrogen-bond acceptors (Lipinski definition) is 6. The van der Waals surface area contributed by atoms with Crippen molar-refractivity contribution >= 4 is 17.9 Å². The van der Waals surface area contributed by atoms with E-state index in [1.54, 1.807) is 0 Å². The second kappa shape index (κ2) is 67.5. The Morgan fingerprint density at radius 1 is 0.259 bits per heavy atom. The zero-order valence-corrected chi connectivity index (χ0v) is 52.2. The molecule has 0 amide bonds. The fourth-order valence-corrected chi connectivity index (χ4v) is 8.64. The van der Waals surface area contributed by atoms with Crippen molar-refractivity contribution in [2.75, 3.05) is 13.2 Å². The van der Waals surface area contributed by atoms with Crippen molar-refractivity contribution in [2.24, 2.45) is 0 Å². The van der Waals surface area contributed by atoms with Crippen LogP contribution in [-0.2, 0) is 28.6 Å². The van der Waals surface area contributed by atoms with Crippen molar-refractivity contribution in [1.82, 2.24) is 0 Å². The summed E-state index contributed by atoms with van der Waals surface area (Å²) < 4.78 is 16.8. The smallest absolute Gasteiger partial charge is 0.306 e. The predicted molar refractivity (Wildman–Crippen MR) is 352 cm³/mol. The molecule has 0 bridgehead atoms. The maximum Gasteiger partial charge on any atom is 0.306 e. The second-order valence-corrected chi connectivity index (χ2v) is 21.3. The first-order chi connectivity index (χ1) is 40.0. The lowest BCUT2D eigenvalue weighted by Crippen LogP contribution is -2.30. The molecule has 0 aromatic carbocycles. The molecule has 6 heteroatoms. The number of hydrogen-bond donors (Lipinski definition) is 0. The summed E-state index contributed by atoms with van der Waals surface area (Å²) in [6, 6.07) is 0. The fraction of sp³-hybridized carbons (Fsp3) is 0.613. The number of carbonyl (C=O) groups excluding carboxylic acids is 3. The topological polar surface area (TPSA) is 78.9 Å². The average molecular weight is 1120 g/mol. The molecule has 0 radical (unpaired) electrons. The summed E-state index contributed by atoms with van der Waals surface area (Å²) in [6.07, 6.45) is 98.5. The summed E-state index contributed by atoms with van der Waals surface area (Å²) in [4.78, 5) is 38.2. The molecule has 1 atom stereocenters. The lowest BCUT2D eigenvalue weighted by molar-refractivity contribution is -0.166. The Balaban J connectivity index is 4.24. The maximum atomic E-state index is 12.9. The van der Waals surface area contributed by atoms with Gasteiger partial charge in [0.05, 0.1) is 0 Å². The molecule has 1 unspecified atom stereocenters. The van der Waals surface area contributed by atoms with Gasteiger partial charge in [0.2, 0.25) is 0 Å². The van der Waals surface area contributed by atoms with Crippen LogP contribution >= 0.6 is 0 Å². The van der Waals surface area contributed by atoms with Crippen LogP contribution in [0.5, 0.6) is 0 Å². The molecule has 0 fully saturated rings. The normalized spacial score (nSPS) is 13.2. The van der Waals surface area contributed by atoms with E-state index in [9.17, 15) is 14.4 Å². The van der Waals surface area contributed by atoms with Crippen molar-refractivity contribution in [3.05, 3.63) is 158 Å². The van der Waals surface area contributed by atoms with Gasteiger partial charge in [-0.05, 0) is 135 Å². The van der Waals surface area contributed by atoms with Gasteiger partial charge in [0.25, 0.3) is 0 Å². The molecule has 6 nitrogen and oxygen atoms in total. The van der Waals surface area contributed by atoms with Gasteiger partial charge in [-0.25, -0.2) is 0 Å². The molecular weight excluding hydrogens is 997 g/mol. The molecule has 0 heterocycles. The van der Waals surface area contributed by atoms with E-state index in [4.69, 9.17) is 14.2 Å². The van der Waals surface area contributed by atoms with Gasteiger partial charge in [0, 0.05) is 19.3 Å². The highest BCUT2D eigenvalue weighted by Gasteiger charge is 2.19. The summed E-state index contributed by atoms with van der Waals surface area (Å²) in [6.45, 7) is 6.30. The van der Waals surface area contributed by atoms with Crippen molar-refractivity contribution in [3.63, 3.8) is 0 Å². The van der Waals surface area contributed by atoms with Crippen LogP contribution in [0.1, 0.15) is 278 Å². The fourth-order valence-electron chi connectivity index (χ4n) is 8.64. The number of unbranched alkanes of at least 4 members (excludes halogenated alkanes) is 21. The summed E-state index contributed by atoms with van der Waals surface area (Å²) in [5.41, 5.74) is 0. The van der Waals surface area contributed by atoms with Crippen LogP contribution in [0.3, 0.4) is 0 Å². The third-order valence-corrected chi connectivity index (χ3v) is 13.5. The minimum Gasteiger partial charge on any atom is -0.462 e. The van der Waals surface area contributed by atoms with Gasteiger partial charge in [-0.15, -0.1) is 0 Å². The predicted octanol–water partition coefficient (Wildman–Crippen LogP) is 22.9. The molecule has 0 aliphatic heterocycles. The molecule has 0 aromatic rings. The number of esters is 3. The molecule has 81 heavy (non-hydrogen) atoms. The molecule has 456 valence electrons.